The van der Waals surface area contributed by atoms with Crippen LogP contribution in [0.4, 0.5) is 10.5 Å². The average Bonchev–Trinajstić information content (AvgIpc) is 2.78. The van der Waals surface area contributed by atoms with Crippen LogP contribution in [0.2, 0.25) is 5.02 Å². The van der Waals surface area contributed by atoms with Gasteiger partial charge in [-0.2, -0.15) is 0 Å². The molecule has 1 fully saturated rings. The molecule has 0 atom stereocenters. The summed E-state index contributed by atoms with van der Waals surface area (Å²) >= 11 is 6.37. The van der Waals surface area contributed by atoms with E-state index in [0.29, 0.717) is 37.7 Å². The van der Waals surface area contributed by atoms with Crippen molar-refractivity contribution in [3.05, 3.63) is 64.7 Å². The van der Waals surface area contributed by atoms with Gasteiger partial charge in [0.05, 0.1) is 6.54 Å². The lowest BCUT2D eigenvalue weighted by atomic mass is 10.1. The first-order chi connectivity index (χ1) is 15.7. The Kier molecular flexibility index (Phi) is 8.58. The number of hydrogen-bond acceptors (Lipinski definition) is 6. The third kappa shape index (κ3) is 7.94. The molecule has 0 spiro atoms. The fourth-order valence-electron chi connectivity index (χ4n) is 3.46. The van der Waals surface area contributed by atoms with Gasteiger partial charge in [-0.15, -0.1) is 0 Å². The number of piperazine rings is 1. The largest absolute Gasteiger partial charge is 0.460 e. The molecule has 0 aromatic heterocycles. The molecular weight excluding hydrogens is 442 g/mol. The van der Waals surface area contributed by atoms with Crippen LogP contribution in [0.3, 0.4) is 0 Å². The van der Waals surface area contributed by atoms with E-state index in [1.54, 1.807) is 4.90 Å². The second kappa shape index (κ2) is 11.4. The van der Waals surface area contributed by atoms with Crippen LogP contribution < -0.4 is 10.2 Å². The Morgan fingerprint density at radius 3 is 2.39 bits per heavy atom. The molecule has 178 valence electrons. The second-order valence-electron chi connectivity index (χ2n) is 8.98. The quantitative estimate of drug-likeness (QED) is 0.607. The highest BCUT2D eigenvalue weighted by Crippen LogP contribution is 2.24. The van der Waals surface area contributed by atoms with E-state index in [4.69, 9.17) is 21.1 Å². The Labute approximate surface area is 200 Å². The summed E-state index contributed by atoms with van der Waals surface area (Å²) in [5.41, 5.74) is 2.39. The highest BCUT2D eigenvalue weighted by Gasteiger charge is 2.26. The Hall–Kier alpha value is -2.77. The normalized spacial score (nSPS) is 14.2. The summed E-state index contributed by atoms with van der Waals surface area (Å²) in [6, 6.07) is 15.4. The number of carbonyl (C=O) groups excluding carboxylic acids is 2. The van der Waals surface area contributed by atoms with Gasteiger partial charge in [-0.25, -0.2) is 4.79 Å². The maximum absolute atomic E-state index is 12.3. The monoisotopic (exact) mass is 473 g/mol. The van der Waals surface area contributed by atoms with E-state index in [1.165, 1.54) is 0 Å². The van der Waals surface area contributed by atoms with E-state index in [9.17, 15) is 9.59 Å². The van der Waals surface area contributed by atoms with Crippen LogP contribution in [0.5, 0.6) is 0 Å². The highest BCUT2D eigenvalue weighted by molar-refractivity contribution is 6.31. The molecule has 0 unspecified atom stereocenters. The lowest BCUT2D eigenvalue weighted by Crippen LogP contribution is -2.50. The molecule has 2 aromatic carbocycles. The minimum absolute atomic E-state index is 0.0992. The standard InChI is InChI=1S/C25H32ClN3O4/c1-25(2,3)33-24(31)29-13-11-28(12-14-29)21-9-10-22(26)20(15-21)16-27-17-23(30)32-18-19-7-5-4-6-8-19/h4-10,15,27H,11-14,16-18H2,1-3H3. The summed E-state index contributed by atoms with van der Waals surface area (Å²) in [6.45, 7) is 9.02. The lowest BCUT2D eigenvalue weighted by molar-refractivity contribution is -0.143. The molecule has 7 nitrogen and oxygen atoms in total. The van der Waals surface area contributed by atoms with Crippen molar-refractivity contribution in [1.82, 2.24) is 10.2 Å². The van der Waals surface area contributed by atoms with Crippen LogP contribution in [0.15, 0.2) is 48.5 Å². The molecule has 1 aliphatic heterocycles. The summed E-state index contributed by atoms with van der Waals surface area (Å²) in [4.78, 5) is 28.2. The number of ether oxygens (including phenoxy) is 2. The first-order valence-corrected chi connectivity index (χ1v) is 11.5. The summed E-state index contributed by atoms with van der Waals surface area (Å²) in [5, 5.41) is 3.74. The molecule has 8 heteroatoms. The smallest absolute Gasteiger partial charge is 0.410 e. The van der Waals surface area contributed by atoms with E-state index in [-0.39, 0.29) is 25.2 Å². The molecule has 0 bridgehead atoms. The molecule has 0 saturated carbocycles. The third-order valence-electron chi connectivity index (χ3n) is 5.15. The van der Waals surface area contributed by atoms with Gasteiger partial charge in [0.2, 0.25) is 0 Å². The Morgan fingerprint density at radius 1 is 1.03 bits per heavy atom. The number of hydrogen-bond donors (Lipinski definition) is 1. The molecule has 1 aliphatic rings. The minimum atomic E-state index is -0.500. The van der Waals surface area contributed by atoms with Crippen molar-refractivity contribution in [3.63, 3.8) is 0 Å². The zero-order chi connectivity index (χ0) is 23.8. The van der Waals surface area contributed by atoms with Crippen molar-refractivity contribution in [1.29, 1.82) is 0 Å². The number of carbonyl (C=O) groups is 2. The molecule has 1 heterocycles. The number of rotatable bonds is 7. The van der Waals surface area contributed by atoms with E-state index < -0.39 is 5.60 Å². The summed E-state index contributed by atoms with van der Waals surface area (Å²) in [6.07, 6.45) is -0.276. The van der Waals surface area contributed by atoms with Gasteiger partial charge in [0.25, 0.3) is 0 Å². The number of halogens is 1. The molecule has 0 radical (unpaired) electrons. The molecule has 1 saturated heterocycles. The maximum atomic E-state index is 12.3. The fraction of sp³-hybridized carbons (Fsp3) is 0.440. The van der Waals surface area contributed by atoms with Crippen molar-refractivity contribution in [3.8, 4) is 0 Å². The van der Waals surface area contributed by atoms with E-state index in [2.05, 4.69) is 10.2 Å². The fourth-order valence-corrected chi connectivity index (χ4v) is 3.64. The van der Waals surface area contributed by atoms with Gasteiger partial charge in [-0.3, -0.25) is 4.79 Å². The van der Waals surface area contributed by atoms with E-state index in [1.807, 2.05) is 69.3 Å². The van der Waals surface area contributed by atoms with Crippen molar-refractivity contribution >= 4 is 29.4 Å². The topological polar surface area (TPSA) is 71.1 Å². The number of nitrogens with one attached hydrogen (secondary N) is 1. The Bertz CT molecular complexity index is 938. The van der Waals surface area contributed by atoms with Crippen LogP contribution in [0.25, 0.3) is 0 Å². The van der Waals surface area contributed by atoms with Gasteiger partial charge in [0, 0.05) is 43.4 Å². The zero-order valence-corrected chi connectivity index (χ0v) is 20.2. The SMILES string of the molecule is CC(C)(C)OC(=O)N1CCN(c2ccc(Cl)c(CNCC(=O)OCc3ccccc3)c2)CC1. The van der Waals surface area contributed by atoms with Gasteiger partial charge in [-0.05, 0) is 50.1 Å². The Morgan fingerprint density at radius 2 is 1.73 bits per heavy atom. The molecule has 2 aromatic rings. The molecule has 33 heavy (non-hydrogen) atoms. The van der Waals surface area contributed by atoms with Gasteiger partial charge in [-0.1, -0.05) is 41.9 Å². The lowest BCUT2D eigenvalue weighted by Gasteiger charge is -2.37. The number of nitrogens with zero attached hydrogens (tertiary/aromatic N) is 2. The molecule has 1 amide bonds. The number of amides is 1. The van der Waals surface area contributed by atoms with Gasteiger partial charge >= 0.3 is 12.1 Å². The van der Waals surface area contributed by atoms with Crippen LogP contribution >= 0.6 is 11.6 Å². The predicted molar refractivity (Wildman–Crippen MR) is 129 cm³/mol. The van der Waals surface area contributed by atoms with Gasteiger partial charge in [0.15, 0.2) is 0 Å². The first kappa shape index (κ1) is 24.9. The summed E-state index contributed by atoms with van der Waals surface area (Å²) in [5.74, 6) is -0.315. The van der Waals surface area contributed by atoms with Crippen LogP contribution in [-0.4, -0.2) is 55.3 Å². The third-order valence-corrected chi connectivity index (χ3v) is 5.52. The van der Waals surface area contributed by atoms with Crippen molar-refractivity contribution < 1.29 is 19.1 Å². The molecule has 0 aliphatic carbocycles. The first-order valence-electron chi connectivity index (χ1n) is 11.1. The zero-order valence-electron chi connectivity index (χ0n) is 19.5. The van der Waals surface area contributed by atoms with Crippen molar-refractivity contribution in [2.24, 2.45) is 0 Å². The molecular formula is C25H32ClN3O4. The van der Waals surface area contributed by atoms with Crippen LogP contribution in [0, 0.1) is 0 Å². The Balaban J connectivity index is 1.46. The minimum Gasteiger partial charge on any atom is -0.460 e. The molecule has 3 rings (SSSR count). The van der Waals surface area contributed by atoms with Gasteiger partial charge in [0.1, 0.15) is 12.2 Å². The summed E-state index contributed by atoms with van der Waals surface area (Å²) < 4.78 is 10.8. The van der Waals surface area contributed by atoms with Gasteiger partial charge < -0.3 is 24.6 Å². The van der Waals surface area contributed by atoms with E-state index >= 15 is 0 Å². The number of anilines is 1. The predicted octanol–water partition coefficient (Wildman–Crippen LogP) is 4.23. The van der Waals surface area contributed by atoms with E-state index in [0.717, 1.165) is 16.8 Å². The second-order valence-corrected chi connectivity index (χ2v) is 9.39. The molecule has 1 N–H and O–H groups in total. The number of benzene rings is 2. The number of esters is 1. The summed E-state index contributed by atoms with van der Waals surface area (Å²) in [7, 11) is 0. The maximum Gasteiger partial charge on any atom is 0.410 e. The highest BCUT2D eigenvalue weighted by atomic mass is 35.5. The van der Waals surface area contributed by atoms with Crippen molar-refractivity contribution in [2.75, 3.05) is 37.6 Å². The van der Waals surface area contributed by atoms with Crippen molar-refractivity contribution in [2.45, 2.75) is 39.5 Å². The van der Waals surface area contributed by atoms with Crippen LogP contribution in [-0.2, 0) is 27.4 Å². The average molecular weight is 474 g/mol. The van der Waals surface area contributed by atoms with Crippen LogP contribution in [0.1, 0.15) is 31.9 Å².